The fourth-order valence-electron chi connectivity index (χ4n) is 3.64. The minimum Gasteiger partial charge on any atom is -0.497 e. The van der Waals surface area contributed by atoms with Crippen LogP contribution in [0.2, 0.25) is 0 Å². The predicted octanol–water partition coefficient (Wildman–Crippen LogP) is 3.77. The third kappa shape index (κ3) is 4.95. The van der Waals surface area contributed by atoms with Crippen LogP contribution in [0.15, 0.2) is 40.3 Å². The van der Waals surface area contributed by atoms with Gasteiger partial charge in [-0.05, 0) is 49.8 Å². The lowest BCUT2D eigenvalue weighted by Gasteiger charge is -2.17. The molecule has 2 heterocycles. The second kappa shape index (κ2) is 9.60. The average Bonchev–Trinajstić information content (AvgIpc) is 3.04. The number of hydrogen-bond donors (Lipinski definition) is 1. The number of hydrogen-bond acceptors (Lipinski definition) is 5. The summed E-state index contributed by atoms with van der Waals surface area (Å²) in [6.07, 6.45) is 1.92. The number of methoxy groups -OCH3 is 1. The van der Waals surface area contributed by atoms with Crippen LogP contribution in [0.5, 0.6) is 5.75 Å². The van der Waals surface area contributed by atoms with Crippen LogP contribution in [-0.2, 0) is 17.9 Å². The van der Waals surface area contributed by atoms with E-state index in [0.29, 0.717) is 28.7 Å². The Hall–Kier alpha value is -2.74. The van der Waals surface area contributed by atoms with E-state index in [1.54, 1.807) is 16.2 Å². The quantitative estimate of drug-likeness (QED) is 0.424. The summed E-state index contributed by atoms with van der Waals surface area (Å²) >= 11 is 1.46. The summed E-state index contributed by atoms with van der Waals surface area (Å²) in [6.45, 7) is 8.61. The van der Waals surface area contributed by atoms with Gasteiger partial charge in [-0.3, -0.25) is 14.2 Å². The van der Waals surface area contributed by atoms with Gasteiger partial charge in [-0.15, -0.1) is 0 Å². The molecule has 0 bridgehead atoms. The molecule has 0 unspecified atom stereocenters. The van der Waals surface area contributed by atoms with Crippen LogP contribution in [-0.4, -0.2) is 33.4 Å². The standard InChI is InChI=1S/C23H30N4O3S/c1-14(2)12-27-22(29)21-19(25-23(27)31-6)11-15(3)26(21)13-20(28)24-16(4)17-7-9-18(30-5)10-8-17/h7-11,14,16H,12-13H2,1-6H3,(H,24,28)/t16-/m1/s1. The van der Waals surface area contributed by atoms with Crippen LogP contribution in [0.4, 0.5) is 0 Å². The lowest BCUT2D eigenvalue weighted by Crippen LogP contribution is -2.32. The van der Waals surface area contributed by atoms with Gasteiger partial charge < -0.3 is 14.6 Å². The van der Waals surface area contributed by atoms with Gasteiger partial charge in [-0.2, -0.15) is 0 Å². The third-order valence-electron chi connectivity index (χ3n) is 5.20. The molecule has 2 aromatic heterocycles. The van der Waals surface area contributed by atoms with Crippen molar-refractivity contribution in [2.45, 2.75) is 52.0 Å². The van der Waals surface area contributed by atoms with Crippen LogP contribution in [0.1, 0.15) is 38.1 Å². The van der Waals surface area contributed by atoms with E-state index in [4.69, 9.17) is 4.74 Å². The molecule has 0 aliphatic rings. The summed E-state index contributed by atoms with van der Waals surface area (Å²) in [5.74, 6) is 0.917. The molecule has 1 amide bonds. The van der Waals surface area contributed by atoms with Crippen molar-refractivity contribution in [1.29, 1.82) is 0 Å². The fraction of sp³-hybridized carbons (Fsp3) is 0.435. The highest BCUT2D eigenvalue weighted by Gasteiger charge is 2.19. The summed E-state index contributed by atoms with van der Waals surface area (Å²) in [6, 6.07) is 9.30. The molecule has 0 saturated carbocycles. The number of ether oxygens (including phenoxy) is 1. The van der Waals surface area contributed by atoms with Crippen molar-refractivity contribution in [2.75, 3.05) is 13.4 Å². The molecule has 1 N–H and O–H groups in total. The molecule has 1 atom stereocenters. The minimum absolute atomic E-state index is 0.0625. The number of rotatable bonds is 8. The maximum absolute atomic E-state index is 13.3. The minimum atomic E-state index is -0.167. The fourth-order valence-corrected chi connectivity index (χ4v) is 4.21. The van der Waals surface area contributed by atoms with Crippen molar-refractivity contribution in [3.05, 3.63) is 51.9 Å². The van der Waals surface area contributed by atoms with Gasteiger partial charge in [0.2, 0.25) is 5.91 Å². The Morgan fingerprint density at radius 2 is 1.87 bits per heavy atom. The van der Waals surface area contributed by atoms with Gasteiger partial charge in [-0.1, -0.05) is 37.7 Å². The highest BCUT2D eigenvalue weighted by molar-refractivity contribution is 7.98. The maximum Gasteiger partial charge on any atom is 0.278 e. The summed E-state index contributed by atoms with van der Waals surface area (Å²) < 4.78 is 8.67. The summed E-state index contributed by atoms with van der Waals surface area (Å²) in [5.41, 5.74) is 2.81. The van der Waals surface area contributed by atoms with Crippen LogP contribution >= 0.6 is 11.8 Å². The number of carbonyl (C=O) groups is 1. The van der Waals surface area contributed by atoms with Gasteiger partial charge >= 0.3 is 0 Å². The van der Waals surface area contributed by atoms with E-state index in [1.807, 2.05) is 50.4 Å². The first-order valence-electron chi connectivity index (χ1n) is 10.3. The van der Waals surface area contributed by atoms with Crippen molar-refractivity contribution in [1.82, 2.24) is 19.4 Å². The number of nitrogens with one attached hydrogen (secondary N) is 1. The molecule has 31 heavy (non-hydrogen) atoms. The molecular formula is C23H30N4O3S. The number of carbonyl (C=O) groups excluding carboxylic acids is 1. The lowest BCUT2D eigenvalue weighted by atomic mass is 10.1. The van der Waals surface area contributed by atoms with Crippen LogP contribution in [0.25, 0.3) is 11.0 Å². The molecule has 8 heteroatoms. The number of aromatic nitrogens is 3. The van der Waals surface area contributed by atoms with Crippen molar-refractivity contribution in [2.24, 2.45) is 5.92 Å². The molecule has 166 valence electrons. The van der Waals surface area contributed by atoms with Gasteiger partial charge in [0, 0.05) is 12.2 Å². The van der Waals surface area contributed by atoms with Crippen molar-refractivity contribution >= 4 is 28.7 Å². The van der Waals surface area contributed by atoms with Gasteiger partial charge in [0.25, 0.3) is 5.56 Å². The molecule has 0 aliphatic carbocycles. The van der Waals surface area contributed by atoms with E-state index < -0.39 is 0 Å². The summed E-state index contributed by atoms with van der Waals surface area (Å²) in [7, 11) is 1.62. The lowest BCUT2D eigenvalue weighted by molar-refractivity contribution is -0.122. The Labute approximate surface area is 186 Å². The molecule has 0 spiro atoms. The van der Waals surface area contributed by atoms with Crippen LogP contribution in [0, 0.1) is 12.8 Å². The molecular weight excluding hydrogens is 412 g/mol. The maximum atomic E-state index is 13.3. The monoisotopic (exact) mass is 442 g/mol. The third-order valence-corrected chi connectivity index (χ3v) is 5.88. The number of benzene rings is 1. The van der Waals surface area contributed by atoms with Crippen molar-refractivity contribution in [3.63, 3.8) is 0 Å². The number of fused-ring (bicyclic) bond motifs is 1. The number of aryl methyl sites for hydroxylation is 1. The van der Waals surface area contributed by atoms with Gasteiger partial charge in [0.15, 0.2) is 5.16 Å². The van der Waals surface area contributed by atoms with Gasteiger partial charge in [0.05, 0.1) is 18.7 Å². The number of thioether (sulfide) groups is 1. The Kier molecular flexibility index (Phi) is 7.10. The topological polar surface area (TPSA) is 78.2 Å². The van der Waals surface area contributed by atoms with Gasteiger partial charge in [-0.25, -0.2) is 4.98 Å². The van der Waals surface area contributed by atoms with E-state index in [-0.39, 0.29) is 24.1 Å². The Balaban J connectivity index is 1.88. The van der Waals surface area contributed by atoms with Crippen molar-refractivity contribution < 1.29 is 9.53 Å². The first kappa shape index (κ1) is 22.9. The highest BCUT2D eigenvalue weighted by atomic mass is 32.2. The molecule has 0 saturated heterocycles. The molecule has 7 nitrogen and oxygen atoms in total. The summed E-state index contributed by atoms with van der Waals surface area (Å²) in [4.78, 5) is 30.8. The molecule has 0 radical (unpaired) electrons. The first-order chi connectivity index (χ1) is 14.7. The summed E-state index contributed by atoms with van der Waals surface area (Å²) in [5, 5.41) is 3.71. The number of amides is 1. The van der Waals surface area contributed by atoms with Crippen LogP contribution in [0.3, 0.4) is 0 Å². The predicted molar refractivity (Wildman–Crippen MR) is 125 cm³/mol. The number of nitrogens with zero attached hydrogens (tertiary/aromatic N) is 3. The average molecular weight is 443 g/mol. The molecule has 3 aromatic rings. The largest absolute Gasteiger partial charge is 0.497 e. The molecule has 3 rings (SSSR count). The van der Waals surface area contributed by atoms with E-state index in [2.05, 4.69) is 24.1 Å². The van der Waals surface area contributed by atoms with E-state index in [0.717, 1.165) is 17.0 Å². The molecule has 0 fully saturated rings. The van der Waals surface area contributed by atoms with Crippen LogP contribution < -0.4 is 15.6 Å². The van der Waals surface area contributed by atoms with E-state index in [1.165, 1.54) is 11.8 Å². The Bertz CT molecular complexity index is 1130. The SMILES string of the molecule is COc1ccc([C@@H](C)NC(=O)Cn2c(C)cc3nc(SC)n(CC(C)C)c(=O)c32)cc1. The van der Waals surface area contributed by atoms with Gasteiger partial charge in [0.1, 0.15) is 17.8 Å². The zero-order valence-corrected chi connectivity index (χ0v) is 19.7. The smallest absolute Gasteiger partial charge is 0.278 e. The van der Waals surface area contributed by atoms with E-state index >= 15 is 0 Å². The Morgan fingerprint density at radius 1 is 1.19 bits per heavy atom. The van der Waals surface area contributed by atoms with Crippen molar-refractivity contribution in [3.8, 4) is 5.75 Å². The molecule has 1 aromatic carbocycles. The second-order valence-electron chi connectivity index (χ2n) is 8.08. The highest BCUT2D eigenvalue weighted by Crippen LogP contribution is 2.21. The first-order valence-corrected chi connectivity index (χ1v) is 11.6. The zero-order chi connectivity index (χ0) is 22.7. The molecule has 0 aliphatic heterocycles. The Morgan fingerprint density at radius 3 is 2.45 bits per heavy atom. The second-order valence-corrected chi connectivity index (χ2v) is 8.85. The normalized spacial score (nSPS) is 12.4. The van der Waals surface area contributed by atoms with E-state index in [9.17, 15) is 9.59 Å². The zero-order valence-electron chi connectivity index (χ0n) is 18.9.